The molecule has 1 N–H and O–H groups in total. The molecule has 0 bridgehead atoms. The minimum absolute atomic E-state index is 0.798. The topological polar surface area (TPSA) is 29.9 Å². The number of halogens is 1. The van der Waals surface area contributed by atoms with E-state index in [-0.39, 0.29) is 0 Å². The molecule has 0 saturated carbocycles. The minimum atomic E-state index is 0.798. The summed E-state index contributed by atoms with van der Waals surface area (Å²) in [4.78, 5) is 0. The summed E-state index contributed by atoms with van der Waals surface area (Å²) >= 11 is 6.31. The zero-order valence-corrected chi connectivity index (χ0v) is 14.1. The molecule has 1 heterocycles. The summed E-state index contributed by atoms with van der Waals surface area (Å²) in [5, 5.41) is 8.82. The van der Waals surface area contributed by atoms with Gasteiger partial charge in [-0.1, -0.05) is 38.4 Å². The van der Waals surface area contributed by atoms with Gasteiger partial charge >= 0.3 is 0 Å². The summed E-state index contributed by atoms with van der Waals surface area (Å²) < 4.78 is 2.01. The molecule has 0 unspecified atom stereocenters. The lowest BCUT2D eigenvalue weighted by atomic mass is 9.98. The zero-order valence-electron chi connectivity index (χ0n) is 13.3. The Bertz CT molecular complexity index is 617. The highest BCUT2D eigenvalue weighted by Gasteiger charge is 2.16. The molecule has 2 rings (SSSR count). The van der Waals surface area contributed by atoms with Crippen LogP contribution in [0.5, 0.6) is 0 Å². The number of nitrogens with one attached hydrogen (secondary N) is 1. The number of hydrogen-bond donors (Lipinski definition) is 1. The molecule has 0 aliphatic carbocycles. The summed E-state index contributed by atoms with van der Waals surface area (Å²) in [6, 6.07) is 6.29. The van der Waals surface area contributed by atoms with Crippen molar-refractivity contribution in [1.82, 2.24) is 15.1 Å². The van der Waals surface area contributed by atoms with Crippen molar-refractivity contribution in [1.29, 1.82) is 0 Å². The Hall–Kier alpha value is -1.32. The third-order valence-electron chi connectivity index (χ3n) is 3.81. The Balaban J connectivity index is 2.51. The van der Waals surface area contributed by atoms with E-state index in [2.05, 4.69) is 43.3 Å². The lowest BCUT2D eigenvalue weighted by Gasteiger charge is -2.10. The molecule has 21 heavy (non-hydrogen) atoms. The standard InChI is InChI=1S/C17H24ClN3/c1-5-15-17(16(6-2)21(4)20-15)12-8-9-14(18)13(10-12)11-19-7-3/h8-10,19H,5-7,11H2,1-4H3. The van der Waals surface area contributed by atoms with Gasteiger partial charge in [0.1, 0.15) is 0 Å². The first-order valence-corrected chi connectivity index (χ1v) is 8.04. The highest BCUT2D eigenvalue weighted by atomic mass is 35.5. The molecule has 0 fully saturated rings. The molecular weight excluding hydrogens is 282 g/mol. The molecule has 0 spiro atoms. The summed E-state index contributed by atoms with van der Waals surface area (Å²) in [5.74, 6) is 0. The van der Waals surface area contributed by atoms with Crippen LogP contribution in [-0.4, -0.2) is 16.3 Å². The third-order valence-corrected chi connectivity index (χ3v) is 4.18. The number of rotatable bonds is 6. The van der Waals surface area contributed by atoms with Gasteiger partial charge in [-0.25, -0.2) is 0 Å². The second-order valence-corrected chi connectivity index (χ2v) is 5.59. The summed E-state index contributed by atoms with van der Waals surface area (Å²) in [7, 11) is 2.02. The highest BCUT2D eigenvalue weighted by molar-refractivity contribution is 6.31. The molecule has 1 aromatic carbocycles. The first-order valence-electron chi connectivity index (χ1n) is 7.66. The van der Waals surface area contributed by atoms with Gasteiger partial charge in [-0.3, -0.25) is 4.68 Å². The summed E-state index contributed by atoms with van der Waals surface area (Å²) in [5.41, 5.74) is 6.07. The smallest absolute Gasteiger partial charge is 0.0703 e. The first-order chi connectivity index (χ1) is 10.1. The van der Waals surface area contributed by atoms with Gasteiger partial charge in [0.25, 0.3) is 0 Å². The van der Waals surface area contributed by atoms with Gasteiger partial charge in [0.15, 0.2) is 0 Å². The molecular formula is C17H24ClN3. The Morgan fingerprint density at radius 2 is 1.95 bits per heavy atom. The average Bonchev–Trinajstić information content (AvgIpc) is 2.82. The van der Waals surface area contributed by atoms with Crippen LogP contribution in [0.3, 0.4) is 0 Å². The van der Waals surface area contributed by atoms with E-state index < -0.39 is 0 Å². The number of hydrogen-bond acceptors (Lipinski definition) is 2. The van der Waals surface area contributed by atoms with E-state index in [0.717, 1.165) is 42.2 Å². The van der Waals surface area contributed by atoms with Crippen LogP contribution < -0.4 is 5.32 Å². The monoisotopic (exact) mass is 305 g/mol. The predicted molar refractivity (Wildman–Crippen MR) is 89.8 cm³/mol. The van der Waals surface area contributed by atoms with Crippen LogP contribution in [0.1, 0.15) is 37.7 Å². The van der Waals surface area contributed by atoms with Crippen molar-refractivity contribution in [3.05, 3.63) is 40.2 Å². The van der Waals surface area contributed by atoms with Crippen LogP contribution >= 0.6 is 11.6 Å². The Morgan fingerprint density at radius 1 is 1.19 bits per heavy atom. The van der Waals surface area contributed by atoms with E-state index in [4.69, 9.17) is 11.6 Å². The van der Waals surface area contributed by atoms with E-state index in [9.17, 15) is 0 Å². The fraction of sp³-hybridized carbons (Fsp3) is 0.471. The van der Waals surface area contributed by atoms with Crippen LogP contribution in [0.25, 0.3) is 11.1 Å². The van der Waals surface area contributed by atoms with Gasteiger partial charge in [0, 0.05) is 29.9 Å². The van der Waals surface area contributed by atoms with Gasteiger partial charge in [0.05, 0.1) is 5.69 Å². The Labute approximate surface area is 132 Å². The van der Waals surface area contributed by atoms with Crippen LogP contribution in [0.15, 0.2) is 18.2 Å². The molecule has 0 atom stereocenters. The van der Waals surface area contributed by atoms with E-state index in [1.165, 1.54) is 16.8 Å². The van der Waals surface area contributed by atoms with Crippen molar-refractivity contribution in [3.63, 3.8) is 0 Å². The number of nitrogens with zero attached hydrogens (tertiary/aromatic N) is 2. The van der Waals surface area contributed by atoms with Crippen LogP contribution in [0.2, 0.25) is 5.02 Å². The van der Waals surface area contributed by atoms with Crippen molar-refractivity contribution in [2.45, 2.75) is 40.2 Å². The second kappa shape index (κ2) is 7.10. The lowest BCUT2D eigenvalue weighted by Crippen LogP contribution is -2.12. The highest BCUT2D eigenvalue weighted by Crippen LogP contribution is 2.31. The maximum Gasteiger partial charge on any atom is 0.0703 e. The molecule has 0 amide bonds. The zero-order chi connectivity index (χ0) is 15.4. The van der Waals surface area contributed by atoms with Gasteiger partial charge in [-0.05, 0) is 42.6 Å². The summed E-state index contributed by atoms with van der Waals surface area (Å²) in [6.07, 6.45) is 1.92. The van der Waals surface area contributed by atoms with Gasteiger partial charge in [-0.15, -0.1) is 0 Å². The minimum Gasteiger partial charge on any atom is -0.313 e. The van der Waals surface area contributed by atoms with Crippen LogP contribution in [-0.2, 0) is 26.4 Å². The Kier molecular flexibility index (Phi) is 5.43. The number of benzene rings is 1. The molecule has 0 radical (unpaired) electrons. The van der Waals surface area contributed by atoms with Gasteiger partial charge < -0.3 is 5.32 Å². The molecule has 0 aliphatic heterocycles. The largest absolute Gasteiger partial charge is 0.313 e. The molecule has 2 aromatic rings. The van der Waals surface area contributed by atoms with E-state index >= 15 is 0 Å². The van der Waals surface area contributed by atoms with Crippen molar-refractivity contribution in [2.75, 3.05) is 6.54 Å². The number of aryl methyl sites for hydroxylation is 2. The molecule has 1 aromatic heterocycles. The van der Waals surface area contributed by atoms with Crippen LogP contribution in [0.4, 0.5) is 0 Å². The molecule has 0 saturated heterocycles. The predicted octanol–water partition coefficient (Wildman–Crippen LogP) is 3.97. The molecule has 3 nitrogen and oxygen atoms in total. The maximum atomic E-state index is 6.31. The van der Waals surface area contributed by atoms with Crippen molar-refractivity contribution >= 4 is 11.6 Å². The SMILES string of the molecule is CCNCc1cc(-c2c(CC)nn(C)c2CC)ccc1Cl. The lowest BCUT2D eigenvalue weighted by molar-refractivity contribution is 0.705. The number of aromatic nitrogens is 2. The fourth-order valence-corrected chi connectivity index (χ4v) is 2.92. The van der Waals surface area contributed by atoms with Crippen LogP contribution in [0, 0.1) is 0 Å². The summed E-state index contributed by atoms with van der Waals surface area (Å²) in [6.45, 7) is 8.17. The van der Waals surface area contributed by atoms with Crippen molar-refractivity contribution < 1.29 is 0 Å². The van der Waals surface area contributed by atoms with Gasteiger partial charge in [-0.2, -0.15) is 5.10 Å². The molecule has 4 heteroatoms. The van der Waals surface area contributed by atoms with Crippen molar-refractivity contribution in [3.8, 4) is 11.1 Å². The third kappa shape index (κ3) is 3.30. The van der Waals surface area contributed by atoms with E-state index in [1.807, 2.05) is 17.8 Å². The van der Waals surface area contributed by atoms with Crippen molar-refractivity contribution in [2.24, 2.45) is 7.05 Å². The second-order valence-electron chi connectivity index (χ2n) is 5.19. The fourth-order valence-electron chi connectivity index (χ4n) is 2.73. The van der Waals surface area contributed by atoms with E-state index in [0.29, 0.717) is 0 Å². The normalized spacial score (nSPS) is 11.1. The maximum absolute atomic E-state index is 6.31. The quantitative estimate of drug-likeness (QED) is 0.875. The average molecular weight is 306 g/mol. The molecule has 0 aliphatic rings. The van der Waals surface area contributed by atoms with E-state index in [1.54, 1.807) is 0 Å². The van der Waals surface area contributed by atoms with Gasteiger partial charge in [0.2, 0.25) is 0 Å². The first kappa shape index (κ1) is 16.1. The molecule has 114 valence electrons. The Morgan fingerprint density at radius 3 is 2.57 bits per heavy atom.